The third-order valence-corrected chi connectivity index (χ3v) is 3.17. The van der Waals surface area contributed by atoms with Gasteiger partial charge in [0.15, 0.2) is 0 Å². The van der Waals surface area contributed by atoms with Gasteiger partial charge in [-0.25, -0.2) is 0 Å². The Balaban J connectivity index is 1.77. The number of hydrogen-bond acceptors (Lipinski definition) is 3. The van der Waals surface area contributed by atoms with E-state index < -0.39 is 0 Å². The summed E-state index contributed by atoms with van der Waals surface area (Å²) in [4.78, 5) is 2.48. The number of unbranched alkanes of at least 4 members (excludes halogenated alkanes) is 4. The first-order valence-corrected chi connectivity index (χ1v) is 6.94. The first kappa shape index (κ1) is 13.9. The molecule has 0 atom stereocenters. The molecule has 0 aromatic carbocycles. The molecule has 0 aliphatic carbocycles. The lowest BCUT2D eigenvalue weighted by molar-refractivity contribution is 0.0384. The Hall–Kier alpha value is -0.120. The highest BCUT2D eigenvalue weighted by atomic mass is 16.5. The molecule has 1 heterocycles. The maximum absolute atomic E-state index is 5.32. The topological polar surface area (TPSA) is 24.5 Å². The van der Waals surface area contributed by atoms with Crippen molar-refractivity contribution in [2.75, 3.05) is 45.9 Å². The van der Waals surface area contributed by atoms with Crippen molar-refractivity contribution in [3.05, 3.63) is 0 Å². The Bertz CT molecular complexity index is 147. The number of nitrogens with one attached hydrogen (secondary N) is 1. The average Bonchev–Trinajstić information content (AvgIpc) is 2.34. The third kappa shape index (κ3) is 7.20. The minimum Gasteiger partial charge on any atom is -0.379 e. The summed E-state index contributed by atoms with van der Waals surface area (Å²) in [7, 11) is 0. The molecule has 0 amide bonds. The maximum Gasteiger partial charge on any atom is 0.0594 e. The van der Waals surface area contributed by atoms with Crippen molar-refractivity contribution in [3.63, 3.8) is 0 Å². The van der Waals surface area contributed by atoms with E-state index in [1.807, 2.05) is 0 Å². The maximum atomic E-state index is 5.32. The van der Waals surface area contributed by atoms with Gasteiger partial charge < -0.3 is 10.1 Å². The first-order chi connectivity index (χ1) is 7.93. The van der Waals surface area contributed by atoms with Gasteiger partial charge in [-0.1, -0.05) is 32.6 Å². The summed E-state index contributed by atoms with van der Waals surface area (Å²) in [5, 5.41) is 3.53. The lowest BCUT2D eigenvalue weighted by Crippen LogP contribution is -2.40. The Morgan fingerprint density at radius 1 is 1.00 bits per heavy atom. The molecule has 3 nitrogen and oxygen atoms in total. The van der Waals surface area contributed by atoms with Crippen molar-refractivity contribution in [1.29, 1.82) is 0 Å². The highest BCUT2D eigenvalue weighted by molar-refractivity contribution is 4.63. The molecule has 0 spiro atoms. The van der Waals surface area contributed by atoms with Crippen molar-refractivity contribution in [2.24, 2.45) is 0 Å². The summed E-state index contributed by atoms with van der Waals surface area (Å²) in [6.45, 7) is 9.81. The molecule has 0 aromatic heterocycles. The van der Waals surface area contributed by atoms with Crippen LogP contribution < -0.4 is 5.32 Å². The highest BCUT2D eigenvalue weighted by Crippen LogP contribution is 2.01. The zero-order chi connectivity index (χ0) is 11.5. The molecule has 0 unspecified atom stereocenters. The Kier molecular flexibility index (Phi) is 8.77. The van der Waals surface area contributed by atoms with Gasteiger partial charge in [-0.2, -0.15) is 0 Å². The molecule has 16 heavy (non-hydrogen) atoms. The smallest absolute Gasteiger partial charge is 0.0594 e. The van der Waals surface area contributed by atoms with E-state index in [9.17, 15) is 0 Å². The minimum absolute atomic E-state index is 0.914. The van der Waals surface area contributed by atoms with E-state index >= 15 is 0 Å². The lowest BCUT2D eigenvalue weighted by Gasteiger charge is -2.26. The number of rotatable bonds is 9. The molecule has 1 saturated heterocycles. The monoisotopic (exact) mass is 228 g/mol. The number of hydrogen-bond donors (Lipinski definition) is 1. The Labute approximate surface area is 101 Å². The molecule has 96 valence electrons. The van der Waals surface area contributed by atoms with Crippen molar-refractivity contribution in [1.82, 2.24) is 10.2 Å². The second-order valence-electron chi connectivity index (χ2n) is 4.62. The van der Waals surface area contributed by atoms with Crippen LogP contribution in [0.2, 0.25) is 0 Å². The van der Waals surface area contributed by atoms with Gasteiger partial charge in [-0.3, -0.25) is 4.90 Å². The Morgan fingerprint density at radius 2 is 1.75 bits per heavy atom. The quantitative estimate of drug-likeness (QED) is 0.610. The number of morpholine rings is 1. The van der Waals surface area contributed by atoms with E-state index in [0.29, 0.717) is 0 Å². The van der Waals surface area contributed by atoms with Crippen molar-refractivity contribution >= 4 is 0 Å². The number of nitrogens with zero attached hydrogens (tertiary/aromatic N) is 1. The molecular formula is C13H28N2O. The fourth-order valence-corrected chi connectivity index (χ4v) is 2.04. The molecule has 1 rings (SSSR count). The third-order valence-electron chi connectivity index (χ3n) is 3.17. The van der Waals surface area contributed by atoms with E-state index in [-0.39, 0.29) is 0 Å². The summed E-state index contributed by atoms with van der Waals surface area (Å²) >= 11 is 0. The van der Waals surface area contributed by atoms with Gasteiger partial charge in [0.05, 0.1) is 13.2 Å². The predicted molar refractivity (Wildman–Crippen MR) is 68.9 cm³/mol. The molecule has 1 aliphatic heterocycles. The molecule has 1 N–H and O–H groups in total. The van der Waals surface area contributed by atoms with Crippen LogP contribution in [0.4, 0.5) is 0 Å². The second kappa shape index (κ2) is 10.1. The molecule has 0 aromatic rings. The molecule has 0 radical (unpaired) electrons. The van der Waals surface area contributed by atoms with Crippen molar-refractivity contribution in [2.45, 2.75) is 39.0 Å². The van der Waals surface area contributed by atoms with Gasteiger partial charge in [-0.05, 0) is 13.0 Å². The standard InChI is InChI=1S/C13H28N2O/c1-2-3-4-5-6-7-14-8-9-15-10-12-16-13-11-15/h14H,2-13H2,1H3. The summed E-state index contributed by atoms with van der Waals surface area (Å²) in [5.41, 5.74) is 0. The normalized spacial score (nSPS) is 17.8. The minimum atomic E-state index is 0.914. The van der Waals surface area contributed by atoms with E-state index in [0.717, 1.165) is 32.8 Å². The van der Waals surface area contributed by atoms with Gasteiger partial charge >= 0.3 is 0 Å². The van der Waals surface area contributed by atoms with Gasteiger partial charge in [0.2, 0.25) is 0 Å². The molecule has 0 saturated carbocycles. The van der Waals surface area contributed by atoms with Gasteiger partial charge in [0.25, 0.3) is 0 Å². The van der Waals surface area contributed by atoms with Crippen molar-refractivity contribution < 1.29 is 4.74 Å². The van der Waals surface area contributed by atoms with Crippen LogP contribution in [0.15, 0.2) is 0 Å². The molecule has 0 bridgehead atoms. The molecular weight excluding hydrogens is 200 g/mol. The van der Waals surface area contributed by atoms with Crippen LogP contribution in [0.5, 0.6) is 0 Å². The van der Waals surface area contributed by atoms with Crippen LogP contribution in [0.1, 0.15) is 39.0 Å². The largest absolute Gasteiger partial charge is 0.379 e. The summed E-state index contributed by atoms with van der Waals surface area (Å²) in [6, 6.07) is 0. The summed E-state index contributed by atoms with van der Waals surface area (Å²) in [5.74, 6) is 0. The van der Waals surface area contributed by atoms with Crippen LogP contribution in [-0.2, 0) is 4.74 Å². The van der Waals surface area contributed by atoms with E-state index in [2.05, 4.69) is 17.1 Å². The van der Waals surface area contributed by atoms with E-state index in [1.54, 1.807) is 0 Å². The van der Waals surface area contributed by atoms with Gasteiger partial charge in [0, 0.05) is 26.2 Å². The summed E-state index contributed by atoms with van der Waals surface area (Å²) in [6.07, 6.45) is 6.86. The second-order valence-corrected chi connectivity index (χ2v) is 4.62. The van der Waals surface area contributed by atoms with Crippen LogP contribution in [0.3, 0.4) is 0 Å². The van der Waals surface area contributed by atoms with Crippen LogP contribution in [0.25, 0.3) is 0 Å². The van der Waals surface area contributed by atoms with Crippen LogP contribution in [-0.4, -0.2) is 50.8 Å². The van der Waals surface area contributed by atoms with Gasteiger partial charge in [-0.15, -0.1) is 0 Å². The van der Waals surface area contributed by atoms with Gasteiger partial charge in [0.1, 0.15) is 0 Å². The Morgan fingerprint density at radius 3 is 2.50 bits per heavy atom. The highest BCUT2D eigenvalue weighted by Gasteiger charge is 2.08. The average molecular weight is 228 g/mol. The zero-order valence-electron chi connectivity index (χ0n) is 10.8. The predicted octanol–water partition coefficient (Wildman–Crippen LogP) is 1.88. The van der Waals surface area contributed by atoms with E-state index in [4.69, 9.17) is 4.74 Å². The fourth-order valence-electron chi connectivity index (χ4n) is 2.04. The zero-order valence-corrected chi connectivity index (χ0v) is 10.8. The van der Waals surface area contributed by atoms with Crippen LogP contribution in [0, 0.1) is 0 Å². The molecule has 3 heteroatoms. The number of ether oxygens (including phenoxy) is 1. The fraction of sp³-hybridized carbons (Fsp3) is 1.00. The molecule has 1 aliphatic rings. The summed E-state index contributed by atoms with van der Waals surface area (Å²) < 4.78 is 5.32. The SMILES string of the molecule is CCCCCCCNCCN1CCOCC1. The van der Waals surface area contributed by atoms with Crippen molar-refractivity contribution in [3.8, 4) is 0 Å². The van der Waals surface area contributed by atoms with E-state index in [1.165, 1.54) is 45.2 Å². The lowest BCUT2D eigenvalue weighted by atomic mass is 10.1. The van der Waals surface area contributed by atoms with Crippen LogP contribution >= 0.6 is 0 Å². The first-order valence-electron chi connectivity index (χ1n) is 6.94. The molecule has 1 fully saturated rings.